The zero-order chi connectivity index (χ0) is 26.5. The zero-order valence-corrected chi connectivity index (χ0v) is 21.9. The van der Waals surface area contributed by atoms with E-state index in [9.17, 15) is 17.6 Å². The van der Waals surface area contributed by atoms with Gasteiger partial charge in [0.05, 0.1) is 7.11 Å². The van der Waals surface area contributed by atoms with E-state index in [0.717, 1.165) is 47.5 Å². The molecule has 1 atom stereocenters. The quantitative estimate of drug-likeness (QED) is 0.351. The average Bonchev–Trinajstić information content (AvgIpc) is 2.84. The van der Waals surface area contributed by atoms with Crippen LogP contribution in [0.2, 0.25) is 0 Å². The Bertz CT molecular complexity index is 1310. The Morgan fingerprint density at radius 3 is 2.25 bits per heavy atom. The van der Waals surface area contributed by atoms with Gasteiger partial charge in [0.1, 0.15) is 10.7 Å². The predicted octanol–water partition coefficient (Wildman–Crippen LogP) is 6.05. The molecular weight excluding hydrogens is 483 g/mol. The molecule has 7 nitrogen and oxygen atoms in total. The number of aryl methyl sites for hydroxylation is 2. The number of methoxy groups -OCH3 is 1. The molecule has 3 aromatic rings. The number of para-hydroxylation sites is 1. The van der Waals surface area contributed by atoms with Crippen LogP contribution in [0.5, 0.6) is 11.5 Å². The first-order chi connectivity index (χ1) is 17.1. The van der Waals surface area contributed by atoms with E-state index in [2.05, 4.69) is 5.32 Å². The largest absolute Gasteiger partial charge is 0.493 e. The molecule has 0 unspecified atom stereocenters. The summed E-state index contributed by atoms with van der Waals surface area (Å²) in [6.45, 7) is 8.02. The van der Waals surface area contributed by atoms with Crippen molar-refractivity contribution in [3.8, 4) is 11.5 Å². The molecule has 0 saturated carbocycles. The van der Waals surface area contributed by atoms with Crippen LogP contribution < -0.4 is 14.2 Å². The molecule has 0 aromatic heterocycles. The van der Waals surface area contributed by atoms with Gasteiger partial charge in [-0.3, -0.25) is 0 Å². The highest BCUT2D eigenvalue weighted by Crippen LogP contribution is 2.32. The van der Waals surface area contributed by atoms with Crippen LogP contribution in [0.25, 0.3) is 0 Å². The third-order valence-electron chi connectivity index (χ3n) is 5.98. The van der Waals surface area contributed by atoms with Crippen LogP contribution in [0, 0.1) is 19.7 Å². The molecule has 0 saturated heterocycles. The van der Waals surface area contributed by atoms with E-state index in [4.69, 9.17) is 8.92 Å². The van der Waals surface area contributed by atoms with Crippen molar-refractivity contribution in [3.05, 3.63) is 83.2 Å². The third-order valence-corrected chi connectivity index (χ3v) is 7.23. The van der Waals surface area contributed by atoms with E-state index in [1.54, 1.807) is 17.0 Å². The van der Waals surface area contributed by atoms with Gasteiger partial charge in [-0.1, -0.05) is 31.2 Å². The molecule has 0 aliphatic rings. The average molecular weight is 515 g/mol. The lowest BCUT2D eigenvalue weighted by Crippen LogP contribution is -2.40. The monoisotopic (exact) mass is 514 g/mol. The molecule has 0 aliphatic carbocycles. The summed E-state index contributed by atoms with van der Waals surface area (Å²) in [6, 6.07) is 14.7. The van der Waals surface area contributed by atoms with Crippen molar-refractivity contribution >= 4 is 21.8 Å². The van der Waals surface area contributed by atoms with E-state index in [-0.39, 0.29) is 35.0 Å². The van der Waals surface area contributed by atoms with Crippen LogP contribution >= 0.6 is 0 Å². The van der Waals surface area contributed by atoms with Crippen molar-refractivity contribution in [1.82, 2.24) is 4.90 Å². The highest BCUT2D eigenvalue weighted by molar-refractivity contribution is 7.87. The first-order valence-electron chi connectivity index (χ1n) is 11.6. The summed E-state index contributed by atoms with van der Waals surface area (Å²) in [5.41, 5.74) is 3.33. The smallest absolute Gasteiger partial charge is 0.339 e. The van der Waals surface area contributed by atoms with Crippen LogP contribution in [-0.2, 0) is 16.7 Å². The zero-order valence-electron chi connectivity index (χ0n) is 21.0. The molecule has 0 spiro atoms. The maximum Gasteiger partial charge on any atom is 0.339 e. The lowest BCUT2D eigenvalue weighted by Gasteiger charge is -2.29. The minimum absolute atomic E-state index is 0.0291. The van der Waals surface area contributed by atoms with Crippen molar-refractivity contribution < 1.29 is 26.5 Å². The van der Waals surface area contributed by atoms with Crippen molar-refractivity contribution in [2.75, 3.05) is 12.4 Å². The molecule has 1 N–H and O–H groups in total. The van der Waals surface area contributed by atoms with Gasteiger partial charge in [0.15, 0.2) is 11.5 Å². The molecule has 9 heteroatoms. The number of amides is 2. The second-order valence-corrected chi connectivity index (χ2v) is 10.1. The Balaban J connectivity index is 1.89. The Morgan fingerprint density at radius 1 is 1.03 bits per heavy atom. The highest BCUT2D eigenvalue weighted by Gasteiger charge is 2.23. The molecule has 192 valence electrons. The van der Waals surface area contributed by atoms with Crippen LogP contribution in [0.15, 0.2) is 65.6 Å². The summed E-state index contributed by atoms with van der Waals surface area (Å²) in [7, 11) is -2.84. The highest BCUT2D eigenvalue weighted by atomic mass is 32.2. The van der Waals surface area contributed by atoms with Gasteiger partial charge >= 0.3 is 16.1 Å². The summed E-state index contributed by atoms with van der Waals surface area (Å²) in [5.74, 6) is -0.379. The Kier molecular flexibility index (Phi) is 8.57. The lowest BCUT2D eigenvalue weighted by molar-refractivity contribution is 0.187. The van der Waals surface area contributed by atoms with E-state index in [1.807, 2.05) is 45.9 Å². The molecule has 36 heavy (non-hydrogen) atoms. The fourth-order valence-electron chi connectivity index (χ4n) is 3.69. The standard InChI is InChI=1S/C27H31FN2O5S/c1-6-20(4)30(27(31)29-26-18(2)8-7-9-19(26)3)17-21-10-15-24(34-5)25(16-21)35-36(32,33)23-13-11-22(28)12-14-23/h7-16,20H,6,17H2,1-5H3,(H,29,31)/t20-/m0/s1. The fourth-order valence-corrected chi connectivity index (χ4v) is 4.62. The summed E-state index contributed by atoms with van der Waals surface area (Å²) in [4.78, 5) is 14.8. The van der Waals surface area contributed by atoms with Gasteiger partial charge < -0.3 is 19.1 Å². The van der Waals surface area contributed by atoms with Gasteiger partial charge in [0, 0.05) is 18.3 Å². The molecule has 0 fully saturated rings. The number of halogens is 1. The molecule has 3 aromatic carbocycles. The summed E-state index contributed by atoms with van der Waals surface area (Å²) >= 11 is 0. The molecular formula is C27H31FN2O5S. The van der Waals surface area contributed by atoms with Crippen LogP contribution in [-0.4, -0.2) is 32.5 Å². The molecule has 2 amide bonds. The number of benzene rings is 3. The van der Waals surface area contributed by atoms with Crippen molar-refractivity contribution in [2.45, 2.75) is 51.6 Å². The Morgan fingerprint density at radius 2 is 1.67 bits per heavy atom. The number of ether oxygens (including phenoxy) is 1. The molecule has 0 bridgehead atoms. The fraction of sp³-hybridized carbons (Fsp3) is 0.296. The number of hydrogen-bond donors (Lipinski definition) is 1. The number of anilines is 1. The molecule has 0 aliphatic heterocycles. The number of urea groups is 1. The van der Waals surface area contributed by atoms with Gasteiger partial charge in [-0.05, 0) is 80.3 Å². The normalized spacial score (nSPS) is 12.1. The van der Waals surface area contributed by atoms with Gasteiger partial charge in [-0.2, -0.15) is 8.42 Å². The van der Waals surface area contributed by atoms with E-state index < -0.39 is 15.9 Å². The van der Waals surface area contributed by atoms with Gasteiger partial charge in [0.2, 0.25) is 0 Å². The van der Waals surface area contributed by atoms with Gasteiger partial charge in [0.25, 0.3) is 0 Å². The number of nitrogens with zero attached hydrogens (tertiary/aromatic N) is 1. The van der Waals surface area contributed by atoms with Gasteiger partial charge in [-0.15, -0.1) is 0 Å². The Labute approximate surface area is 212 Å². The predicted molar refractivity (Wildman–Crippen MR) is 137 cm³/mol. The third kappa shape index (κ3) is 6.34. The number of hydrogen-bond acceptors (Lipinski definition) is 5. The minimum Gasteiger partial charge on any atom is -0.493 e. The van der Waals surface area contributed by atoms with Crippen LogP contribution in [0.4, 0.5) is 14.9 Å². The lowest BCUT2D eigenvalue weighted by atomic mass is 10.1. The topological polar surface area (TPSA) is 84.9 Å². The number of carbonyl (C=O) groups is 1. The van der Waals surface area contributed by atoms with E-state index in [0.29, 0.717) is 5.56 Å². The molecule has 3 rings (SSSR count). The second-order valence-electron chi connectivity index (χ2n) is 8.56. The first-order valence-corrected chi connectivity index (χ1v) is 13.0. The SMILES string of the molecule is CC[C@H](C)N(Cc1ccc(OC)c(OS(=O)(=O)c2ccc(F)cc2)c1)C(=O)Nc1c(C)cccc1C. The maximum atomic E-state index is 13.3. The first kappa shape index (κ1) is 27.0. The van der Waals surface area contributed by atoms with Crippen molar-refractivity contribution in [1.29, 1.82) is 0 Å². The van der Waals surface area contributed by atoms with Crippen LogP contribution in [0.1, 0.15) is 37.0 Å². The molecule has 0 heterocycles. The van der Waals surface area contributed by atoms with E-state index >= 15 is 0 Å². The number of carbonyl (C=O) groups excluding carboxylic acids is 1. The number of rotatable bonds is 9. The summed E-state index contributed by atoms with van der Waals surface area (Å²) < 4.78 is 49.4. The second kappa shape index (κ2) is 11.4. The maximum absolute atomic E-state index is 13.3. The summed E-state index contributed by atoms with van der Waals surface area (Å²) in [6.07, 6.45) is 0.721. The van der Waals surface area contributed by atoms with Crippen molar-refractivity contribution in [2.24, 2.45) is 0 Å². The minimum atomic E-state index is -4.24. The molecule has 0 radical (unpaired) electrons. The Hall–Kier alpha value is -3.59. The van der Waals surface area contributed by atoms with Gasteiger partial charge in [-0.25, -0.2) is 9.18 Å². The van der Waals surface area contributed by atoms with E-state index in [1.165, 1.54) is 13.2 Å². The van der Waals surface area contributed by atoms with Crippen molar-refractivity contribution in [3.63, 3.8) is 0 Å². The van der Waals surface area contributed by atoms with Crippen LogP contribution in [0.3, 0.4) is 0 Å². The number of nitrogens with one attached hydrogen (secondary N) is 1. The summed E-state index contributed by atoms with van der Waals surface area (Å²) in [5, 5.41) is 3.02.